The van der Waals surface area contributed by atoms with Crippen LogP contribution < -0.4 is 15.8 Å². The molecule has 2 aromatic heterocycles. The number of aromatic nitrogens is 4. The number of nitrogens with one attached hydrogen (secondary N) is 1. The molecule has 0 atom stereocenters. The van der Waals surface area contributed by atoms with Gasteiger partial charge in [-0.05, 0) is 56.9 Å². The van der Waals surface area contributed by atoms with Crippen LogP contribution in [0.4, 0.5) is 10.2 Å². The summed E-state index contributed by atoms with van der Waals surface area (Å²) in [5.41, 5.74) is 6.33. The Morgan fingerprint density at radius 3 is 2.68 bits per heavy atom. The fourth-order valence-corrected chi connectivity index (χ4v) is 4.16. The van der Waals surface area contributed by atoms with E-state index in [1.165, 1.54) is 12.4 Å². The SMILES string of the molecule is CC(C)(Cn1nc(-c2ccc(Oc3ccccc3)cc2F)c2c(N)ncnc21)NC(=O)/C(C#N)=C\C1CC1. The first-order chi connectivity index (χ1) is 18.2. The number of para-hydroxylation sites is 1. The molecular formula is C28H26FN7O2. The standard InChI is InChI=1S/C28H26FN7O2/c1-28(2,34-27(37)18(14-30)12-17-8-9-17)15-36-26-23(25(31)32-16-33-26)24(35-36)21-11-10-20(13-22(21)29)38-19-6-4-3-5-7-19/h3-7,10-13,16-17H,8-9,15H2,1-2H3,(H,34,37)(H2,31,32,33)/b18-12-. The minimum atomic E-state index is -0.821. The first-order valence-electron chi connectivity index (χ1n) is 12.2. The summed E-state index contributed by atoms with van der Waals surface area (Å²) < 4.78 is 22.7. The molecular weight excluding hydrogens is 485 g/mol. The maximum absolute atomic E-state index is 15.3. The van der Waals surface area contributed by atoms with Gasteiger partial charge in [0.05, 0.1) is 17.5 Å². The fraction of sp³-hybridized carbons (Fsp3) is 0.250. The highest BCUT2D eigenvalue weighted by Gasteiger charge is 2.28. The predicted octanol–water partition coefficient (Wildman–Crippen LogP) is 4.76. The van der Waals surface area contributed by atoms with E-state index < -0.39 is 17.3 Å². The van der Waals surface area contributed by atoms with Gasteiger partial charge in [0.25, 0.3) is 5.91 Å². The summed E-state index contributed by atoms with van der Waals surface area (Å²) in [4.78, 5) is 21.2. The summed E-state index contributed by atoms with van der Waals surface area (Å²) in [7, 11) is 0. The fourth-order valence-electron chi connectivity index (χ4n) is 4.16. The van der Waals surface area contributed by atoms with E-state index in [9.17, 15) is 10.1 Å². The normalized spacial score (nSPS) is 13.8. The molecule has 4 aromatic rings. The average Bonchev–Trinajstić information content (AvgIpc) is 3.63. The van der Waals surface area contributed by atoms with Crippen LogP contribution in [0, 0.1) is 23.1 Å². The summed E-state index contributed by atoms with van der Waals surface area (Å²) in [6.45, 7) is 3.81. The Morgan fingerprint density at radius 2 is 2.00 bits per heavy atom. The molecule has 1 aliphatic rings. The van der Waals surface area contributed by atoms with Crippen molar-refractivity contribution in [1.29, 1.82) is 5.26 Å². The Balaban J connectivity index is 1.45. The van der Waals surface area contributed by atoms with E-state index >= 15 is 4.39 Å². The number of halogens is 1. The van der Waals surface area contributed by atoms with Crippen LogP contribution in [0.15, 0.2) is 66.5 Å². The van der Waals surface area contributed by atoms with Crippen LogP contribution in [-0.4, -0.2) is 31.2 Å². The van der Waals surface area contributed by atoms with Gasteiger partial charge in [0.15, 0.2) is 5.65 Å². The lowest BCUT2D eigenvalue weighted by molar-refractivity contribution is -0.118. The first-order valence-corrected chi connectivity index (χ1v) is 12.2. The molecule has 0 spiro atoms. The number of carbonyl (C=O) groups is 1. The number of fused-ring (bicyclic) bond motifs is 1. The number of benzene rings is 2. The molecule has 0 saturated heterocycles. The first kappa shape index (κ1) is 24.9. The van der Waals surface area contributed by atoms with E-state index in [-0.39, 0.29) is 35.1 Å². The Morgan fingerprint density at radius 1 is 1.24 bits per heavy atom. The van der Waals surface area contributed by atoms with Crippen molar-refractivity contribution in [2.75, 3.05) is 5.73 Å². The van der Waals surface area contributed by atoms with E-state index in [1.807, 2.05) is 38.1 Å². The van der Waals surface area contributed by atoms with Crippen LogP contribution in [0.2, 0.25) is 0 Å². The van der Waals surface area contributed by atoms with Gasteiger partial charge in [-0.25, -0.2) is 19.0 Å². The van der Waals surface area contributed by atoms with Crippen molar-refractivity contribution in [2.45, 2.75) is 38.8 Å². The topological polar surface area (TPSA) is 132 Å². The van der Waals surface area contributed by atoms with Gasteiger partial charge in [0.2, 0.25) is 0 Å². The number of nitrogen functional groups attached to an aromatic ring is 1. The number of amides is 1. The molecule has 1 saturated carbocycles. The summed E-state index contributed by atoms with van der Waals surface area (Å²) in [6.07, 6.45) is 5.00. The Labute approximate surface area is 218 Å². The van der Waals surface area contributed by atoms with Crippen molar-refractivity contribution >= 4 is 22.8 Å². The highest BCUT2D eigenvalue weighted by Crippen LogP contribution is 2.35. The highest BCUT2D eigenvalue weighted by atomic mass is 19.1. The van der Waals surface area contributed by atoms with Crippen molar-refractivity contribution in [3.05, 3.63) is 72.3 Å². The number of hydrogen-bond donors (Lipinski definition) is 2. The number of hydrogen-bond acceptors (Lipinski definition) is 7. The number of nitrogens with two attached hydrogens (primary N) is 1. The number of allylic oxidation sites excluding steroid dienone is 1. The number of ether oxygens (including phenoxy) is 1. The molecule has 0 unspecified atom stereocenters. The molecule has 2 heterocycles. The average molecular weight is 512 g/mol. The third-order valence-electron chi connectivity index (χ3n) is 6.12. The molecule has 1 amide bonds. The zero-order chi connectivity index (χ0) is 26.9. The van der Waals surface area contributed by atoms with Gasteiger partial charge >= 0.3 is 0 Å². The second-order valence-corrected chi connectivity index (χ2v) is 9.89. The summed E-state index contributed by atoms with van der Waals surface area (Å²) >= 11 is 0. The van der Waals surface area contributed by atoms with Crippen LogP contribution in [0.3, 0.4) is 0 Å². The number of nitriles is 1. The summed E-state index contributed by atoms with van der Waals surface area (Å²) in [6, 6.07) is 15.6. The van der Waals surface area contributed by atoms with E-state index in [4.69, 9.17) is 10.5 Å². The lowest BCUT2D eigenvalue weighted by Crippen LogP contribution is -2.47. The Hall–Kier alpha value is -4.78. The summed E-state index contributed by atoms with van der Waals surface area (Å²) in [5.74, 6) is 0.362. The van der Waals surface area contributed by atoms with Crippen molar-refractivity contribution in [3.63, 3.8) is 0 Å². The van der Waals surface area contributed by atoms with E-state index in [0.29, 0.717) is 22.5 Å². The molecule has 0 radical (unpaired) electrons. The van der Waals surface area contributed by atoms with E-state index in [0.717, 1.165) is 12.8 Å². The number of anilines is 1. The van der Waals surface area contributed by atoms with Gasteiger partial charge in [-0.2, -0.15) is 10.4 Å². The van der Waals surface area contributed by atoms with E-state index in [2.05, 4.69) is 20.4 Å². The Kier molecular flexibility index (Phi) is 6.51. The summed E-state index contributed by atoms with van der Waals surface area (Å²) in [5, 5.41) is 17.4. The van der Waals surface area contributed by atoms with Gasteiger partial charge < -0.3 is 15.8 Å². The van der Waals surface area contributed by atoms with Crippen molar-refractivity contribution in [3.8, 4) is 28.8 Å². The van der Waals surface area contributed by atoms with Crippen molar-refractivity contribution in [1.82, 2.24) is 25.1 Å². The molecule has 192 valence electrons. The minimum absolute atomic E-state index is 0.0954. The minimum Gasteiger partial charge on any atom is -0.457 e. The van der Waals surface area contributed by atoms with E-state index in [1.54, 1.807) is 35.0 Å². The Bertz CT molecular complexity index is 1580. The third kappa shape index (κ3) is 5.32. The molecule has 2 aromatic carbocycles. The lowest BCUT2D eigenvalue weighted by Gasteiger charge is -2.26. The van der Waals surface area contributed by atoms with Gasteiger partial charge in [-0.15, -0.1) is 0 Å². The smallest absolute Gasteiger partial charge is 0.262 e. The monoisotopic (exact) mass is 511 g/mol. The maximum Gasteiger partial charge on any atom is 0.262 e. The van der Waals surface area contributed by atoms with Gasteiger partial charge in [-0.3, -0.25) is 4.79 Å². The maximum atomic E-state index is 15.3. The van der Waals surface area contributed by atoms with Crippen LogP contribution in [0.5, 0.6) is 11.5 Å². The molecule has 3 N–H and O–H groups in total. The second kappa shape index (κ2) is 9.94. The zero-order valence-corrected chi connectivity index (χ0v) is 21.0. The molecule has 1 fully saturated rings. The van der Waals surface area contributed by atoms with Crippen LogP contribution in [-0.2, 0) is 11.3 Å². The molecule has 38 heavy (non-hydrogen) atoms. The van der Waals surface area contributed by atoms with Gasteiger partial charge in [0, 0.05) is 11.6 Å². The molecule has 0 aliphatic heterocycles. The predicted molar refractivity (Wildman–Crippen MR) is 140 cm³/mol. The van der Waals surface area contributed by atoms with Gasteiger partial charge in [-0.1, -0.05) is 24.3 Å². The second-order valence-electron chi connectivity index (χ2n) is 9.89. The quantitative estimate of drug-likeness (QED) is 0.257. The van der Waals surface area contributed by atoms with Crippen LogP contribution >= 0.6 is 0 Å². The highest BCUT2D eigenvalue weighted by molar-refractivity contribution is 5.99. The number of carbonyl (C=O) groups excluding carboxylic acids is 1. The van der Waals surface area contributed by atoms with Crippen molar-refractivity contribution in [2.24, 2.45) is 5.92 Å². The van der Waals surface area contributed by atoms with Crippen LogP contribution in [0.25, 0.3) is 22.3 Å². The largest absolute Gasteiger partial charge is 0.457 e. The number of rotatable bonds is 8. The zero-order valence-electron chi connectivity index (χ0n) is 21.0. The molecule has 10 heteroatoms. The molecule has 5 rings (SSSR count). The third-order valence-corrected chi connectivity index (χ3v) is 6.12. The van der Waals surface area contributed by atoms with Crippen LogP contribution in [0.1, 0.15) is 26.7 Å². The van der Waals surface area contributed by atoms with Crippen molar-refractivity contribution < 1.29 is 13.9 Å². The lowest BCUT2D eigenvalue weighted by atomic mass is 10.0. The van der Waals surface area contributed by atoms with Gasteiger partial charge in [0.1, 0.15) is 46.8 Å². The molecule has 1 aliphatic carbocycles. The number of nitrogens with zero attached hydrogens (tertiary/aromatic N) is 5. The molecule has 9 nitrogen and oxygen atoms in total. The molecule has 0 bridgehead atoms.